The summed E-state index contributed by atoms with van der Waals surface area (Å²) in [5.41, 5.74) is 0.259. The fourth-order valence-electron chi connectivity index (χ4n) is 3.37. The number of hydrogen-bond donors (Lipinski definition) is 1. The summed E-state index contributed by atoms with van der Waals surface area (Å²) in [6, 6.07) is 3.57. The minimum absolute atomic E-state index is 0.117. The topological polar surface area (TPSA) is 29.1 Å². The van der Waals surface area contributed by atoms with Crippen molar-refractivity contribution in [3.05, 3.63) is 35.4 Å². The Morgan fingerprint density at radius 3 is 2.68 bits per heavy atom. The van der Waals surface area contributed by atoms with Crippen LogP contribution >= 0.6 is 0 Å². The summed E-state index contributed by atoms with van der Waals surface area (Å²) in [5, 5.41) is 3.36. The Morgan fingerprint density at radius 1 is 1.16 bits per heavy atom. The third kappa shape index (κ3) is 2.41. The second-order valence-corrected chi connectivity index (χ2v) is 5.60. The molecule has 3 atom stereocenters. The van der Waals surface area contributed by atoms with Crippen molar-refractivity contribution in [2.24, 2.45) is 5.92 Å². The van der Waals surface area contributed by atoms with Crippen molar-refractivity contribution < 1.29 is 13.6 Å². The Labute approximate surface area is 111 Å². The molecule has 2 aliphatic rings. The molecule has 2 fully saturated rings. The Hall–Kier alpha value is -1.29. The molecular weight excluding hydrogens is 248 g/mol. The van der Waals surface area contributed by atoms with Crippen LogP contribution in [-0.2, 0) is 0 Å². The normalized spacial score (nSPS) is 30.1. The molecule has 3 rings (SSSR count). The zero-order valence-corrected chi connectivity index (χ0v) is 10.7. The third-order valence-electron chi connectivity index (χ3n) is 4.38. The van der Waals surface area contributed by atoms with Gasteiger partial charge in [0.1, 0.15) is 0 Å². The van der Waals surface area contributed by atoms with Gasteiger partial charge in [0.05, 0.1) is 6.04 Å². The van der Waals surface area contributed by atoms with Gasteiger partial charge in [-0.1, -0.05) is 12.8 Å². The molecule has 0 amide bonds. The van der Waals surface area contributed by atoms with Crippen LogP contribution in [0.4, 0.5) is 8.78 Å². The molecule has 1 aliphatic carbocycles. The van der Waals surface area contributed by atoms with Gasteiger partial charge in [0.15, 0.2) is 17.4 Å². The van der Waals surface area contributed by atoms with Crippen LogP contribution in [0, 0.1) is 17.6 Å². The first-order valence-electron chi connectivity index (χ1n) is 6.90. The van der Waals surface area contributed by atoms with Crippen molar-refractivity contribution >= 4 is 5.78 Å². The maximum Gasteiger partial charge on any atom is 0.179 e. The molecule has 1 saturated carbocycles. The molecule has 19 heavy (non-hydrogen) atoms. The predicted molar refractivity (Wildman–Crippen MR) is 68.0 cm³/mol. The van der Waals surface area contributed by atoms with Crippen LogP contribution in [0.25, 0.3) is 0 Å². The second kappa shape index (κ2) is 5.00. The molecule has 2 nitrogen and oxygen atoms in total. The summed E-state index contributed by atoms with van der Waals surface area (Å²) >= 11 is 0. The van der Waals surface area contributed by atoms with Crippen LogP contribution in [0.2, 0.25) is 0 Å². The summed E-state index contributed by atoms with van der Waals surface area (Å²) in [7, 11) is 0. The molecule has 1 N–H and O–H groups in total. The van der Waals surface area contributed by atoms with Gasteiger partial charge in [0.25, 0.3) is 0 Å². The minimum Gasteiger partial charge on any atom is -0.304 e. The van der Waals surface area contributed by atoms with Crippen LogP contribution < -0.4 is 5.32 Å². The molecule has 1 aliphatic heterocycles. The maximum atomic E-state index is 13.2. The van der Waals surface area contributed by atoms with Gasteiger partial charge in [-0.3, -0.25) is 4.79 Å². The third-order valence-corrected chi connectivity index (χ3v) is 4.38. The van der Waals surface area contributed by atoms with Gasteiger partial charge in [0, 0.05) is 11.6 Å². The fraction of sp³-hybridized carbons (Fsp3) is 0.533. The first kappa shape index (κ1) is 12.7. The predicted octanol–water partition coefficient (Wildman–Crippen LogP) is 3.07. The highest BCUT2D eigenvalue weighted by molar-refractivity contribution is 6.00. The van der Waals surface area contributed by atoms with Gasteiger partial charge < -0.3 is 5.32 Å². The summed E-state index contributed by atoms with van der Waals surface area (Å²) in [5.74, 6) is -1.42. The lowest BCUT2D eigenvalue weighted by atomic mass is 9.84. The Balaban J connectivity index is 1.75. The largest absolute Gasteiger partial charge is 0.304 e. The van der Waals surface area contributed by atoms with Crippen LogP contribution in [0.1, 0.15) is 42.5 Å². The lowest BCUT2D eigenvalue weighted by molar-refractivity contribution is 0.0948. The molecule has 1 saturated heterocycles. The van der Waals surface area contributed by atoms with Crippen LogP contribution in [0.5, 0.6) is 0 Å². The summed E-state index contributed by atoms with van der Waals surface area (Å²) < 4.78 is 26.1. The monoisotopic (exact) mass is 265 g/mol. The highest BCUT2D eigenvalue weighted by atomic mass is 19.2. The van der Waals surface area contributed by atoms with Gasteiger partial charge in [-0.15, -0.1) is 0 Å². The van der Waals surface area contributed by atoms with E-state index in [9.17, 15) is 13.6 Å². The number of carbonyl (C=O) groups is 1. The Morgan fingerprint density at radius 2 is 1.95 bits per heavy atom. The SMILES string of the molecule is O=C(c1ccc(F)c(F)c1)C1CC2CCCCC2N1. The second-order valence-electron chi connectivity index (χ2n) is 5.60. The van der Waals surface area contributed by atoms with Gasteiger partial charge in [-0.25, -0.2) is 8.78 Å². The average Bonchev–Trinajstić information content (AvgIpc) is 2.85. The molecule has 4 heteroatoms. The van der Waals surface area contributed by atoms with Crippen molar-refractivity contribution in [1.29, 1.82) is 0 Å². The van der Waals surface area contributed by atoms with Gasteiger partial charge in [-0.2, -0.15) is 0 Å². The lowest BCUT2D eigenvalue weighted by Crippen LogP contribution is -2.37. The van der Waals surface area contributed by atoms with Crippen molar-refractivity contribution in [1.82, 2.24) is 5.32 Å². The van der Waals surface area contributed by atoms with E-state index in [-0.39, 0.29) is 17.4 Å². The molecule has 0 bridgehead atoms. The quantitative estimate of drug-likeness (QED) is 0.833. The minimum atomic E-state index is -0.957. The van der Waals surface area contributed by atoms with E-state index < -0.39 is 11.6 Å². The van der Waals surface area contributed by atoms with E-state index in [1.54, 1.807) is 0 Å². The zero-order chi connectivity index (χ0) is 13.4. The molecule has 1 aromatic carbocycles. The highest BCUT2D eigenvalue weighted by Crippen LogP contribution is 2.34. The van der Waals surface area contributed by atoms with E-state index in [4.69, 9.17) is 0 Å². The lowest BCUT2D eigenvalue weighted by Gasteiger charge is -2.24. The fourth-order valence-corrected chi connectivity index (χ4v) is 3.37. The number of fused-ring (bicyclic) bond motifs is 1. The van der Waals surface area contributed by atoms with Gasteiger partial charge in [-0.05, 0) is 43.4 Å². The highest BCUT2D eigenvalue weighted by Gasteiger charge is 2.38. The number of ketones is 1. The number of hydrogen-bond acceptors (Lipinski definition) is 2. The summed E-state index contributed by atoms with van der Waals surface area (Å²) in [6.07, 6.45) is 5.54. The molecule has 0 radical (unpaired) electrons. The molecule has 0 spiro atoms. The summed E-state index contributed by atoms with van der Waals surface area (Å²) in [6.45, 7) is 0. The van der Waals surface area contributed by atoms with E-state index in [0.29, 0.717) is 12.0 Å². The number of benzene rings is 1. The summed E-state index contributed by atoms with van der Waals surface area (Å²) in [4.78, 5) is 12.3. The molecule has 1 heterocycles. The smallest absolute Gasteiger partial charge is 0.179 e. The molecule has 3 unspecified atom stereocenters. The van der Waals surface area contributed by atoms with Crippen LogP contribution in [-0.4, -0.2) is 17.9 Å². The first-order chi connectivity index (χ1) is 9.15. The van der Waals surface area contributed by atoms with Crippen LogP contribution in [0.15, 0.2) is 18.2 Å². The number of nitrogens with one attached hydrogen (secondary N) is 1. The molecule has 0 aromatic heterocycles. The number of rotatable bonds is 2. The molecule has 102 valence electrons. The van der Waals surface area contributed by atoms with Crippen LogP contribution in [0.3, 0.4) is 0 Å². The standard InChI is InChI=1S/C15H17F2NO/c16-11-6-5-10(7-12(11)17)15(19)14-8-9-3-1-2-4-13(9)18-14/h5-7,9,13-14,18H,1-4,8H2. The Bertz CT molecular complexity index is 489. The average molecular weight is 265 g/mol. The number of carbonyl (C=O) groups excluding carboxylic acids is 1. The van der Waals surface area contributed by atoms with E-state index in [2.05, 4.69) is 5.32 Å². The first-order valence-corrected chi connectivity index (χ1v) is 6.90. The Kier molecular flexibility index (Phi) is 3.35. The molecule has 1 aromatic rings. The zero-order valence-electron chi connectivity index (χ0n) is 10.7. The number of Topliss-reactive ketones (excluding diaryl/α,β-unsaturated/α-hetero) is 1. The number of halogens is 2. The van der Waals surface area contributed by atoms with Crippen molar-refractivity contribution in [3.8, 4) is 0 Å². The maximum absolute atomic E-state index is 13.2. The van der Waals surface area contributed by atoms with E-state index in [0.717, 1.165) is 25.0 Å². The van der Waals surface area contributed by atoms with Crippen molar-refractivity contribution in [3.63, 3.8) is 0 Å². The van der Waals surface area contributed by atoms with Crippen molar-refractivity contribution in [2.45, 2.75) is 44.2 Å². The van der Waals surface area contributed by atoms with E-state index >= 15 is 0 Å². The van der Waals surface area contributed by atoms with E-state index in [1.807, 2.05) is 0 Å². The van der Waals surface area contributed by atoms with Gasteiger partial charge in [0.2, 0.25) is 0 Å². The van der Waals surface area contributed by atoms with E-state index in [1.165, 1.54) is 25.3 Å². The van der Waals surface area contributed by atoms with Gasteiger partial charge >= 0.3 is 0 Å². The van der Waals surface area contributed by atoms with Crippen molar-refractivity contribution in [2.75, 3.05) is 0 Å². The molecular formula is C15H17F2NO.